The Bertz CT molecular complexity index is 524. The minimum absolute atomic E-state index is 0.777. The van der Waals surface area contributed by atoms with Crippen molar-refractivity contribution >= 4 is 5.95 Å². The maximum atomic E-state index is 5.34. The molecule has 2 aromatic heterocycles. The summed E-state index contributed by atoms with van der Waals surface area (Å²) >= 11 is 0. The lowest BCUT2D eigenvalue weighted by molar-refractivity contribution is 0.147. The largest absolute Gasteiger partial charge is 0.382 e. The molecule has 2 heterocycles. The van der Waals surface area contributed by atoms with Gasteiger partial charge in [0.2, 0.25) is 5.95 Å². The predicted molar refractivity (Wildman–Crippen MR) is 84.5 cm³/mol. The SMILES string of the molecule is CCOCCCNc1nc(C)cn1CCc1ccncc1. The third-order valence-corrected chi connectivity index (χ3v) is 3.24. The van der Waals surface area contributed by atoms with Crippen LogP contribution in [-0.4, -0.2) is 34.3 Å². The lowest BCUT2D eigenvalue weighted by Crippen LogP contribution is -2.11. The van der Waals surface area contributed by atoms with Crippen LogP contribution in [0.3, 0.4) is 0 Å². The Morgan fingerprint density at radius 2 is 2.10 bits per heavy atom. The Hall–Kier alpha value is -1.88. The average Bonchev–Trinajstić information content (AvgIpc) is 2.86. The molecular formula is C16H24N4O. The summed E-state index contributed by atoms with van der Waals surface area (Å²) in [6.45, 7) is 7.40. The summed E-state index contributed by atoms with van der Waals surface area (Å²) in [5.74, 6) is 0.943. The van der Waals surface area contributed by atoms with E-state index in [1.165, 1.54) is 5.56 Å². The number of nitrogens with one attached hydrogen (secondary N) is 1. The zero-order valence-corrected chi connectivity index (χ0v) is 12.9. The van der Waals surface area contributed by atoms with E-state index in [4.69, 9.17) is 4.74 Å². The highest BCUT2D eigenvalue weighted by atomic mass is 16.5. The summed E-state index contributed by atoms with van der Waals surface area (Å²) in [6, 6.07) is 4.11. The molecule has 0 bridgehead atoms. The van der Waals surface area contributed by atoms with Crippen molar-refractivity contribution in [1.82, 2.24) is 14.5 Å². The fraction of sp³-hybridized carbons (Fsp3) is 0.500. The Kier molecular flexibility index (Phi) is 6.22. The number of aromatic nitrogens is 3. The monoisotopic (exact) mass is 288 g/mol. The highest BCUT2D eigenvalue weighted by Crippen LogP contribution is 2.10. The van der Waals surface area contributed by atoms with Crippen LogP contribution in [-0.2, 0) is 17.7 Å². The third-order valence-electron chi connectivity index (χ3n) is 3.24. The van der Waals surface area contributed by atoms with Crippen LogP contribution in [0.4, 0.5) is 5.95 Å². The maximum Gasteiger partial charge on any atom is 0.203 e. The summed E-state index contributed by atoms with van der Waals surface area (Å²) in [4.78, 5) is 8.58. The molecule has 114 valence electrons. The minimum atomic E-state index is 0.777. The number of hydrogen-bond donors (Lipinski definition) is 1. The molecule has 0 amide bonds. The van der Waals surface area contributed by atoms with Gasteiger partial charge in [0.25, 0.3) is 0 Å². The van der Waals surface area contributed by atoms with E-state index in [2.05, 4.69) is 38.2 Å². The highest BCUT2D eigenvalue weighted by molar-refractivity contribution is 5.28. The molecule has 0 aromatic carbocycles. The predicted octanol–water partition coefficient (Wildman–Crippen LogP) is 2.67. The molecular weight excluding hydrogens is 264 g/mol. The van der Waals surface area contributed by atoms with Crippen LogP contribution in [0.2, 0.25) is 0 Å². The van der Waals surface area contributed by atoms with Crippen LogP contribution in [0, 0.1) is 6.92 Å². The summed E-state index contributed by atoms with van der Waals surface area (Å²) in [7, 11) is 0. The number of pyridine rings is 1. The summed E-state index contributed by atoms with van der Waals surface area (Å²) in [5, 5.41) is 3.39. The highest BCUT2D eigenvalue weighted by Gasteiger charge is 2.05. The number of ether oxygens (including phenoxy) is 1. The van der Waals surface area contributed by atoms with Crippen LogP contribution in [0.1, 0.15) is 24.6 Å². The molecule has 2 rings (SSSR count). The number of imidazole rings is 1. The molecule has 5 nitrogen and oxygen atoms in total. The van der Waals surface area contributed by atoms with Crippen LogP contribution >= 0.6 is 0 Å². The minimum Gasteiger partial charge on any atom is -0.382 e. The second-order valence-corrected chi connectivity index (χ2v) is 4.98. The van der Waals surface area contributed by atoms with Crippen molar-refractivity contribution in [2.45, 2.75) is 33.2 Å². The van der Waals surface area contributed by atoms with E-state index in [0.717, 1.165) is 50.8 Å². The number of rotatable bonds is 9. The third kappa shape index (κ3) is 5.19. The quantitative estimate of drug-likeness (QED) is 0.721. The zero-order valence-electron chi connectivity index (χ0n) is 12.9. The maximum absolute atomic E-state index is 5.34. The molecule has 0 fully saturated rings. The Morgan fingerprint density at radius 3 is 2.86 bits per heavy atom. The van der Waals surface area contributed by atoms with Gasteiger partial charge in [0.15, 0.2) is 0 Å². The topological polar surface area (TPSA) is 52.0 Å². The molecule has 0 saturated carbocycles. The van der Waals surface area contributed by atoms with Gasteiger partial charge in [0, 0.05) is 44.9 Å². The molecule has 5 heteroatoms. The smallest absolute Gasteiger partial charge is 0.203 e. The van der Waals surface area contributed by atoms with E-state index in [1.54, 1.807) is 0 Å². The van der Waals surface area contributed by atoms with Gasteiger partial charge in [0.05, 0.1) is 5.69 Å². The van der Waals surface area contributed by atoms with E-state index >= 15 is 0 Å². The Balaban J connectivity index is 1.84. The van der Waals surface area contributed by atoms with Crippen LogP contribution in [0.15, 0.2) is 30.7 Å². The molecule has 0 aliphatic rings. The number of aryl methyl sites for hydroxylation is 3. The number of anilines is 1. The van der Waals surface area contributed by atoms with Gasteiger partial charge in [-0.3, -0.25) is 4.98 Å². The molecule has 0 radical (unpaired) electrons. The van der Waals surface area contributed by atoms with E-state index in [-0.39, 0.29) is 0 Å². The van der Waals surface area contributed by atoms with Crippen LogP contribution < -0.4 is 5.32 Å². The molecule has 0 spiro atoms. The Labute approximate surface area is 126 Å². The van der Waals surface area contributed by atoms with Crippen molar-refractivity contribution in [3.63, 3.8) is 0 Å². The molecule has 2 aromatic rings. The van der Waals surface area contributed by atoms with Crippen molar-refractivity contribution in [3.8, 4) is 0 Å². The first kappa shape index (κ1) is 15.5. The van der Waals surface area contributed by atoms with E-state index in [9.17, 15) is 0 Å². The van der Waals surface area contributed by atoms with Gasteiger partial charge < -0.3 is 14.6 Å². The number of hydrogen-bond acceptors (Lipinski definition) is 4. The molecule has 0 aliphatic heterocycles. The number of nitrogens with zero attached hydrogens (tertiary/aromatic N) is 3. The standard InChI is InChI=1S/C16H24N4O/c1-3-21-12-4-8-18-16-19-14(2)13-20(16)11-7-15-5-9-17-10-6-15/h5-6,9-10,13H,3-4,7-8,11-12H2,1-2H3,(H,18,19). The summed E-state index contributed by atoms with van der Waals surface area (Å²) in [6.07, 6.45) is 7.73. The fourth-order valence-corrected chi connectivity index (χ4v) is 2.18. The lowest BCUT2D eigenvalue weighted by atomic mass is 10.2. The molecule has 0 saturated heterocycles. The molecule has 0 atom stereocenters. The normalized spacial score (nSPS) is 10.8. The summed E-state index contributed by atoms with van der Waals surface area (Å²) in [5.41, 5.74) is 2.33. The lowest BCUT2D eigenvalue weighted by Gasteiger charge is -2.09. The van der Waals surface area contributed by atoms with Crippen molar-refractivity contribution < 1.29 is 4.74 Å². The van der Waals surface area contributed by atoms with E-state index in [1.807, 2.05) is 26.2 Å². The van der Waals surface area contributed by atoms with Gasteiger partial charge in [-0.2, -0.15) is 0 Å². The van der Waals surface area contributed by atoms with Crippen molar-refractivity contribution in [2.24, 2.45) is 0 Å². The molecule has 0 unspecified atom stereocenters. The van der Waals surface area contributed by atoms with Gasteiger partial charge >= 0.3 is 0 Å². The molecule has 1 N–H and O–H groups in total. The van der Waals surface area contributed by atoms with Gasteiger partial charge in [-0.05, 0) is 44.4 Å². The van der Waals surface area contributed by atoms with Gasteiger partial charge in [-0.25, -0.2) is 4.98 Å². The van der Waals surface area contributed by atoms with Crippen LogP contribution in [0.25, 0.3) is 0 Å². The first-order chi connectivity index (χ1) is 10.3. The molecule has 0 aliphatic carbocycles. The second kappa shape index (κ2) is 8.42. The van der Waals surface area contributed by atoms with E-state index < -0.39 is 0 Å². The van der Waals surface area contributed by atoms with Crippen molar-refractivity contribution in [3.05, 3.63) is 42.0 Å². The average molecular weight is 288 g/mol. The first-order valence-electron chi connectivity index (χ1n) is 7.54. The van der Waals surface area contributed by atoms with Gasteiger partial charge in [-0.15, -0.1) is 0 Å². The van der Waals surface area contributed by atoms with Gasteiger partial charge in [0.1, 0.15) is 0 Å². The molecule has 21 heavy (non-hydrogen) atoms. The second-order valence-electron chi connectivity index (χ2n) is 4.98. The van der Waals surface area contributed by atoms with Crippen molar-refractivity contribution in [1.29, 1.82) is 0 Å². The fourth-order valence-electron chi connectivity index (χ4n) is 2.18. The first-order valence-corrected chi connectivity index (χ1v) is 7.54. The summed E-state index contributed by atoms with van der Waals surface area (Å²) < 4.78 is 7.52. The zero-order chi connectivity index (χ0) is 14.9. The van der Waals surface area contributed by atoms with Gasteiger partial charge in [-0.1, -0.05) is 0 Å². The van der Waals surface area contributed by atoms with Crippen molar-refractivity contribution in [2.75, 3.05) is 25.1 Å². The van der Waals surface area contributed by atoms with E-state index in [0.29, 0.717) is 0 Å². The van der Waals surface area contributed by atoms with Crippen LogP contribution in [0.5, 0.6) is 0 Å². The Morgan fingerprint density at radius 1 is 1.29 bits per heavy atom.